The number of nitrogens with one attached hydrogen (secondary N) is 1. The standard InChI is InChI=1S/C21H27ClN4O5S/c1-14-19(20(22)25(2)24-14)21(28)31-13-18(27)23-16-11-7-8-12-17(16)32(29,30)26(3)15-9-5-4-6-10-15/h7-8,11-12,15H,4-6,9-10,13H2,1-3H3,(H,23,27). The second kappa shape index (κ2) is 10.0. The van der Waals surface area contributed by atoms with Gasteiger partial charge in [0.2, 0.25) is 10.0 Å². The molecular formula is C21H27ClN4O5S. The zero-order valence-electron chi connectivity index (χ0n) is 18.3. The third-order valence-corrected chi connectivity index (χ3v) is 8.00. The molecule has 3 rings (SSSR count). The number of nitrogens with zero attached hydrogens (tertiary/aromatic N) is 3. The Hall–Kier alpha value is -2.43. The summed E-state index contributed by atoms with van der Waals surface area (Å²) in [6, 6.07) is 6.12. The minimum absolute atomic E-state index is 0.00102. The molecule has 1 aliphatic carbocycles. The van der Waals surface area contributed by atoms with E-state index in [1.807, 2.05) is 0 Å². The van der Waals surface area contributed by atoms with Crippen molar-refractivity contribution in [1.29, 1.82) is 0 Å². The van der Waals surface area contributed by atoms with Gasteiger partial charge in [0.15, 0.2) is 6.61 Å². The number of carbonyl (C=O) groups is 2. The minimum atomic E-state index is -3.82. The predicted molar refractivity (Wildman–Crippen MR) is 120 cm³/mol. The van der Waals surface area contributed by atoms with Gasteiger partial charge in [-0.1, -0.05) is 43.0 Å². The summed E-state index contributed by atoms with van der Waals surface area (Å²) in [5.74, 6) is -1.45. The van der Waals surface area contributed by atoms with Crippen LogP contribution in [0.1, 0.15) is 48.2 Å². The maximum absolute atomic E-state index is 13.2. The van der Waals surface area contributed by atoms with Crippen molar-refractivity contribution >= 4 is 39.2 Å². The van der Waals surface area contributed by atoms with E-state index in [1.54, 1.807) is 33.2 Å². The molecule has 1 amide bonds. The maximum atomic E-state index is 13.2. The molecule has 0 bridgehead atoms. The number of esters is 1. The van der Waals surface area contributed by atoms with Gasteiger partial charge in [-0.2, -0.15) is 9.40 Å². The Morgan fingerprint density at radius 3 is 2.53 bits per heavy atom. The first-order valence-corrected chi connectivity index (χ1v) is 12.2. The average molecular weight is 483 g/mol. The van der Waals surface area contributed by atoms with Crippen LogP contribution >= 0.6 is 11.6 Å². The third kappa shape index (κ3) is 5.13. The van der Waals surface area contributed by atoms with E-state index in [2.05, 4.69) is 10.4 Å². The van der Waals surface area contributed by atoms with Gasteiger partial charge in [0, 0.05) is 20.1 Å². The van der Waals surface area contributed by atoms with Gasteiger partial charge >= 0.3 is 5.97 Å². The molecule has 0 radical (unpaired) electrons. The number of aryl methyl sites for hydroxylation is 2. The fraction of sp³-hybridized carbons (Fsp3) is 0.476. The summed E-state index contributed by atoms with van der Waals surface area (Å²) in [6.45, 7) is 1.00. The fourth-order valence-corrected chi connectivity index (χ4v) is 5.66. The molecule has 0 atom stereocenters. The number of carbonyl (C=O) groups excluding carboxylic acids is 2. The lowest BCUT2D eigenvalue weighted by molar-refractivity contribution is -0.119. The van der Waals surface area contributed by atoms with Crippen molar-refractivity contribution in [2.24, 2.45) is 7.05 Å². The van der Waals surface area contributed by atoms with Gasteiger partial charge < -0.3 is 10.1 Å². The molecule has 1 heterocycles. The van der Waals surface area contributed by atoms with E-state index in [0.717, 1.165) is 32.1 Å². The van der Waals surface area contributed by atoms with Gasteiger partial charge in [-0.05, 0) is 31.9 Å². The Labute approximate surface area is 192 Å². The van der Waals surface area contributed by atoms with Crippen molar-refractivity contribution in [2.45, 2.75) is 50.0 Å². The third-order valence-electron chi connectivity index (χ3n) is 5.60. The first-order chi connectivity index (χ1) is 15.1. The largest absolute Gasteiger partial charge is 0.452 e. The number of para-hydroxylation sites is 1. The normalized spacial score (nSPS) is 15.0. The molecule has 1 aliphatic rings. The Kier molecular flexibility index (Phi) is 7.58. The first-order valence-electron chi connectivity index (χ1n) is 10.4. The smallest absolute Gasteiger partial charge is 0.343 e. The quantitative estimate of drug-likeness (QED) is 0.607. The van der Waals surface area contributed by atoms with E-state index in [4.69, 9.17) is 16.3 Å². The lowest BCUT2D eigenvalue weighted by atomic mass is 9.96. The van der Waals surface area contributed by atoms with Gasteiger partial charge in [0.05, 0.1) is 11.4 Å². The molecule has 2 aromatic rings. The first kappa shape index (κ1) is 24.2. The van der Waals surface area contributed by atoms with Crippen molar-refractivity contribution in [3.63, 3.8) is 0 Å². The van der Waals surface area contributed by atoms with E-state index >= 15 is 0 Å². The summed E-state index contributed by atoms with van der Waals surface area (Å²) in [5, 5.41) is 6.68. The van der Waals surface area contributed by atoms with Crippen molar-refractivity contribution < 1.29 is 22.7 Å². The van der Waals surface area contributed by atoms with E-state index in [9.17, 15) is 18.0 Å². The summed E-state index contributed by atoms with van der Waals surface area (Å²) in [5.41, 5.74) is 0.593. The summed E-state index contributed by atoms with van der Waals surface area (Å²) < 4.78 is 34.2. The number of aromatic nitrogens is 2. The molecule has 1 saturated carbocycles. The van der Waals surface area contributed by atoms with E-state index < -0.39 is 28.5 Å². The molecule has 1 aromatic carbocycles. The molecule has 0 saturated heterocycles. The van der Waals surface area contributed by atoms with Crippen LogP contribution in [-0.4, -0.2) is 54.1 Å². The zero-order valence-corrected chi connectivity index (χ0v) is 19.9. The fourth-order valence-electron chi connectivity index (χ4n) is 3.84. The molecule has 0 aliphatic heterocycles. The van der Waals surface area contributed by atoms with Crippen molar-refractivity contribution in [3.8, 4) is 0 Å². The minimum Gasteiger partial charge on any atom is -0.452 e. The average Bonchev–Trinajstić information content (AvgIpc) is 3.03. The lowest BCUT2D eigenvalue weighted by Gasteiger charge is -2.30. The summed E-state index contributed by atoms with van der Waals surface area (Å²) >= 11 is 6.05. The molecule has 0 spiro atoms. The molecule has 32 heavy (non-hydrogen) atoms. The molecule has 1 fully saturated rings. The highest BCUT2D eigenvalue weighted by atomic mass is 35.5. The Morgan fingerprint density at radius 1 is 1.25 bits per heavy atom. The summed E-state index contributed by atoms with van der Waals surface area (Å²) in [7, 11) is -0.656. The van der Waals surface area contributed by atoms with Gasteiger partial charge in [-0.25, -0.2) is 13.2 Å². The number of hydrogen-bond acceptors (Lipinski definition) is 6. The van der Waals surface area contributed by atoms with E-state index in [1.165, 1.54) is 21.1 Å². The number of rotatable bonds is 7. The Bertz CT molecular complexity index is 1110. The molecule has 11 heteroatoms. The molecule has 1 N–H and O–H groups in total. The molecule has 0 unspecified atom stereocenters. The van der Waals surface area contributed by atoms with Crippen molar-refractivity contribution in [3.05, 3.63) is 40.7 Å². The van der Waals surface area contributed by atoms with E-state index in [0.29, 0.717) is 5.69 Å². The van der Waals surface area contributed by atoms with Gasteiger partial charge in [0.25, 0.3) is 5.91 Å². The summed E-state index contributed by atoms with van der Waals surface area (Å²) in [6.07, 6.45) is 4.73. The maximum Gasteiger partial charge on any atom is 0.343 e. The van der Waals surface area contributed by atoms with Crippen molar-refractivity contribution in [1.82, 2.24) is 14.1 Å². The highest BCUT2D eigenvalue weighted by molar-refractivity contribution is 7.89. The second-order valence-corrected chi connectivity index (χ2v) is 10.1. The van der Waals surface area contributed by atoms with Crippen LogP contribution in [-0.2, 0) is 26.6 Å². The molecule has 1 aromatic heterocycles. The Morgan fingerprint density at radius 2 is 1.91 bits per heavy atom. The zero-order chi connectivity index (χ0) is 23.5. The van der Waals surface area contributed by atoms with Crippen LogP contribution < -0.4 is 5.32 Å². The monoisotopic (exact) mass is 482 g/mol. The molecule has 174 valence electrons. The lowest BCUT2D eigenvalue weighted by Crippen LogP contribution is -2.38. The number of anilines is 1. The molecule has 9 nitrogen and oxygen atoms in total. The number of amides is 1. The highest BCUT2D eigenvalue weighted by Crippen LogP contribution is 2.29. The number of halogens is 1. The highest BCUT2D eigenvalue weighted by Gasteiger charge is 2.31. The number of ether oxygens (including phenoxy) is 1. The van der Waals surface area contributed by atoms with Crippen LogP contribution in [0.3, 0.4) is 0 Å². The van der Waals surface area contributed by atoms with Crippen LogP contribution in [0.5, 0.6) is 0 Å². The van der Waals surface area contributed by atoms with Crippen LogP contribution in [0.4, 0.5) is 5.69 Å². The van der Waals surface area contributed by atoms with Crippen LogP contribution in [0.25, 0.3) is 0 Å². The number of sulfonamides is 1. The number of benzene rings is 1. The predicted octanol–water partition coefficient (Wildman–Crippen LogP) is 3.13. The SMILES string of the molecule is Cc1nn(C)c(Cl)c1C(=O)OCC(=O)Nc1ccccc1S(=O)(=O)N(C)C1CCCCC1. The van der Waals surface area contributed by atoms with Gasteiger partial charge in [-0.15, -0.1) is 0 Å². The number of hydrogen-bond donors (Lipinski definition) is 1. The van der Waals surface area contributed by atoms with Gasteiger partial charge in [0.1, 0.15) is 15.6 Å². The van der Waals surface area contributed by atoms with Crippen LogP contribution in [0.2, 0.25) is 5.15 Å². The second-order valence-electron chi connectivity index (χ2n) is 7.81. The van der Waals surface area contributed by atoms with Crippen molar-refractivity contribution in [2.75, 3.05) is 19.0 Å². The molecular weight excluding hydrogens is 456 g/mol. The Balaban J connectivity index is 1.70. The van der Waals surface area contributed by atoms with Gasteiger partial charge in [-0.3, -0.25) is 9.48 Å². The summed E-state index contributed by atoms with van der Waals surface area (Å²) in [4.78, 5) is 24.7. The van der Waals surface area contributed by atoms with Crippen LogP contribution in [0, 0.1) is 6.92 Å². The van der Waals surface area contributed by atoms with E-state index in [-0.39, 0.29) is 27.3 Å². The topological polar surface area (TPSA) is 111 Å². The van der Waals surface area contributed by atoms with Crippen LogP contribution in [0.15, 0.2) is 29.2 Å².